The molecule has 0 heterocycles. The molecule has 2 aromatic carbocycles. The third-order valence-corrected chi connectivity index (χ3v) is 2.30. The lowest BCUT2D eigenvalue weighted by Gasteiger charge is -2.02. The van der Waals surface area contributed by atoms with E-state index in [4.69, 9.17) is 5.11 Å². The van der Waals surface area contributed by atoms with E-state index in [1.165, 1.54) is 18.2 Å². The second-order valence-corrected chi connectivity index (χ2v) is 3.61. The number of aliphatic imine (C=N–C) groups is 1. The zero-order valence-corrected chi connectivity index (χ0v) is 9.38. The fourth-order valence-electron chi connectivity index (χ4n) is 1.51. The van der Waals surface area contributed by atoms with E-state index in [0.29, 0.717) is 5.56 Å². The van der Waals surface area contributed by atoms with Gasteiger partial charge in [-0.25, -0.2) is 14.2 Å². The van der Waals surface area contributed by atoms with E-state index in [9.17, 15) is 9.18 Å². The highest BCUT2D eigenvalue weighted by Crippen LogP contribution is 2.15. The summed E-state index contributed by atoms with van der Waals surface area (Å²) in [6.45, 7) is 0. The lowest BCUT2D eigenvalue weighted by molar-refractivity contribution is -0.129. The third-order valence-electron chi connectivity index (χ3n) is 2.30. The molecule has 0 unspecified atom stereocenters. The average Bonchev–Trinajstić information content (AvgIpc) is 2.37. The van der Waals surface area contributed by atoms with Crippen LogP contribution in [0.3, 0.4) is 0 Å². The molecule has 1 N–H and O–H groups in total. The quantitative estimate of drug-likeness (QED) is 0.842. The lowest BCUT2D eigenvalue weighted by Crippen LogP contribution is -2.13. The van der Waals surface area contributed by atoms with Gasteiger partial charge in [0.15, 0.2) is 5.71 Å². The van der Waals surface area contributed by atoms with Gasteiger partial charge in [0, 0.05) is 5.56 Å². The van der Waals surface area contributed by atoms with E-state index in [1.54, 1.807) is 36.4 Å². The van der Waals surface area contributed by atoms with Crippen molar-refractivity contribution in [3.8, 4) is 0 Å². The Bertz CT molecular complexity index is 594. The first kappa shape index (κ1) is 12.0. The highest BCUT2D eigenvalue weighted by Gasteiger charge is 2.12. The molecule has 0 aliphatic carbocycles. The Morgan fingerprint density at radius 3 is 2.39 bits per heavy atom. The van der Waals surface area contributed by atoms with Crippen molar-refractivity contribution >= 4 is 17.4 Å². The van der Waals surface area contributed by atoms with Crippen LogP contribution in [0.1, 0.15) is 5.56 Å². The van der Waals surface area contributed by atoms with E-state index in [-0.39, 0.29) is 11.4 Å². The van der Waals surface area contributed by atoms with Crippen molar-refractivity contribution in [3.63, 3.8) is 0 Å². The number of carboxylic acid groups (broad SMARTS) is 1. The molecule has 0 fully saturated rings. The van der Waals surface area contributed by atoms with Crippen LogP contribution in [-0.4, -0.2) is 16.8 Å². The number of hydrogen-bond donors (Lipinski definition) is 1. The van der Waals surface area contributed by atoms with Gasteiger partial charge in [0.2, 0.25) is 0 Å². The number of rotatable bonds is 3. The van der Waals surface area contributed by atoms with Crippen LogP contribution >= 0.6 is 0 Å². The fraction of sp³-hybridized carbons (Fsp3) is 0. The summed E-state index contributed by atoms with van der Waals surface area (Å²) in [5.74, 6) is -1.60. The first-order chi connectivity index (χ1) is 8.66. The molecule has 2 aromatic rings. The number of nitrogens with zero attached hydrogens (tertiary/aromatic N) is 1. The summed E-state index contributed by atoms with van der Waals surface area (Å²) < 4.78 is 13.0. The first-order valence-electron chi connectivity index (χ1n) is 5.30. The SMILES string of the molecule is O=C(O)C(=Nc1cccc(F)c1)c1ccccc1. The summed E-state index contributed by atoms with van der Waals surface area (Å²) in [7, 11) is 0. The Morgan fingerprint density at radius 2 is 1.78 bits per heavy atom. The highest BCUT2D eigenvalue weighted by molar-refractivity contribution is 6.43. The van der Waals surface area contributed by atoms with Crippen LogP contribution in [0.2, 0.25) is 0 Å². The summed E-state index contributed by atoms with van der Waals surface area (Å²) in [5, 5.41) is 9.13. The summed E-state index contributed by atoms with van der Waals surface area (Å²) >= 11 is 0. The van der Waals surface area contributed by atoms with Crippen molar-refractivity contribution < 1.29 is 14.3 Å². The smallest absolute Gasteiger partial charge is 0.355 e. The van der Waals surface area contributed by atoms with Gasteiger partial charge in [-0.15, -0.1) is 0 Å². The van der Waals surface area contributed by atoms with E-state index >= 15 is 0 Å². The first-order valence-corrected chi connectivity index (χ1v) is 5.30. The number of carboxylic acids is 1. The van der Waals surface area contributed by atoms with Gasteiger partial charge in [-0.05, 0) is 18.2 Å². The zero-order chi connectivity index (χ0) is 13.0. The molecule has 0 radical (unpaired) electrons. The number of halogens is 1. The van der Waals surface area contributed by atoms with Gasteiger partial charge >= 0.3 is 5.97 Å². The maximum atomic E-state index is 13.0. The highest BCUT2D eigenvalue weighted by atomic mass is 19.1. The van der Waals surface area contributed by atoms with E-state index in [0.717, 1.165) is 0 Å². The Labute approximate surface area is 103 Å². The summed E-state index contributed by atoms with van der Waals surface area (Å²) in [6, 6.07) is 14.0. The molecule has 0 bridgehead atoms. The largest absolute Gasteiger partial charge is 0.476 e. The maximum Gasteiger partial charge on any atom is 0.355 e. The molecular formula is C14H10FNO2. The van der Waals surface area contributed by atoms with Crippen LogP contribution in [0.15, 0.2) is 59.6 Å². The summed E-state index contributed by atoms with van der Waals surface area (Å²) in [4.78, 5) is 15.1. The summed E-state index contributed by atoms with van der Waals surface area (Å²) in [6.07, 6.45) is 0. The van der Waals surface area contributed by atoms with Crippen LogP contribution in [-0.2, 0) is 4.79 Å². The zero-order valence-electron chi connectivity index (χ0n) is 9.38. The maximum absolute atomic E-state index is 13.0. The second-order valence-electron chi connectivity index (χ2n) is 3.61. The topological polar surface area (TPSA) is 49.7 Å². The molecule has 0 atom stereocenters. The van der Waals surface area contributed by atoms with Gasteiger partial charge in [0.1, 0.15) is 5.82 Å². The Balaban J connectivity index is 2.46. The fourth-order valence-corrected chi connectivity index (χ4v) is 1.51. The minimum absolute atomic E-state index is 0.110. The molecule has 4 heteroatoms. The number of hydrogen-bond acceptors (Lipinski definition) is 2. The standard InChI is InChI=1S/C14H10FNO2/c15-11-7-4-8-12(9-11)16-13(14(17)18)10-5-2-1-3-6-10/h1-9H,(H,17,18). The molecule has 0 spiro atoms. The molecule has 0 aromatic heterocycles. The van der Waals surface area contributed by atoms with Crippen LogP contribution in [0.25, 0.3) is 0 Å². The van der Waals surface area contributed by atoms with Crippen LogP contribution in [0.4, 0.5) is 10.1 Å². The normalized spacial score (nSPS) is 11.3. The molecule has 0 aliphatic rings. The van der Waals surface area contributed by atoms with Gasteiger partial charge in [-0.2, -0.15) is 0 Å². The van der Waals surface area contributed by atoms with Crippen molar-refractivity contribution in [3.05, 3.63) is 66.0 Å². The predicted molar refractivity (Wildman–Crippen MR) is 66.7 cm³/mol. The van der Waals surface area contributed by atoms with Crippen molar-refractivity contribution in [2.45, 2.75) is 0 Å². The van der Waals surface area contributed by atoms with E-state index in [1.807, 2.05) is 0 Å². The summed E-state index contributed by atoms with van der Waals surface area (Å²) in [5.41, 5.74) is 0.645. The van der Waals surface area contributed by atoms with Crippen LogP contribution < -0.4 is 0 Å². The minimum Gasteiger partial charge on any atom is -0.476 e. The van der Waals surface area contributed by atoms with Gasteiger partial charge in [-0.3, -0.25) is 0 Å². The Kier molecular flexibility index (Phi) is 3.48. The molecule has 0 amide bonds. The molecule has 18 heavy (non-hydrogen) atoms. The molecule has 0 aliphatic heterocycles. The van der Waals surface area contributed by atoms with Gasteiger partial charge in [-0.1, -0.05) is 36.4 Å². The predicted octanol–water partition coefficient (Wildman–Crippen LogP) is 3.03. The van der Waals surface area contributed by atoms with Crippen molar-refractivity contribution in [1.29, 1.82) is 0 Å². The average molecular weight is 243 g/mol. The molecular weight excluding hydrogens is 233 g/mol. The van der Waals surface area contributed by atoms with Crippen molar-refractivity contribution in [2.24, 2.45) is 4.99 Å². The van der Waals surface area contributed by atoms with Gasteiger partial charge in [0.05, 0.1) is 5.69 Å². The monoisotopic (exact) mass is 243 g/mol. The Morgan fingerprint density at radius 1 is 1.06 bits per heavy atom. The number of aliphatic carboxylic acids is 1. The van der Waals surface area contributed by atoms with Crippen molar-refractivity contribution in [1.82, 2.24) is 0 Å². The molecule has 2 rings (SSSR count). The van der Waals surface area contributed by atoms with E-state index < -0.39 is 11.8 Å². The molecule has 90 valence electrons. The van der Waals surface area contributed by atoms with Crippen LogP contribution in [0.5, 0.6) is 0 Å². The van der Waals surface area contributed by atoms with Crippen LogP contribution in [0, 0.1) is 5.82 Å². The van der Waals surface area contributed by atoms with Crippen molar-refractivity contribution in [2.75, 3.05) is 0 Å². The lowest BCUT2D eigenvalue weighted by atomic mass is 10.1. The molecule has 0 saturated carbocycles. The van der Waals surface area contributed by atoms with E-state index in [2.05, 4.69) is 4.99 Å². The van der Waals surface area contributed by atoms with Gasteiger partial charge < -0.3 is 5.11 Å². The minimum atomic E-state index is -1.15. The third kappa shape index (κ3) is 2.79. The molecule has 0 saturated heterocycles. The Hall–Kier alpha value is -2.49. The molecule has 3 nitrogen and oxygen atoms in total. The second kappa shape index (κ2) is 5.23. The number of benzene rings is 2. The van der Waals surface area contributed by atoms with Gasteiger partial charge in [0.25, 0.3) is 0 Å². The number of carbonyl (C=O) groups is 1.